The van der Waals surface area contributed by atoms with E-state index in [4.69, 9.17) is 9.15 Å². The lowest BCUT2D eigenvalue weighted by Gasteiger charge is -2.07. The Morgan fingerprint density at radius 3 is 2.75 bits per heavy atom. The van der Waals surface area contributed by atoms with E-state index in [-0.39, 0.29) is 5.92 Å². The Labute approximate surface area is 164 Å². The molecule has 0 saturated carbocycles. The van der Waals surface area contributed by atoms with E-state index in [1.807, 2.05) is 45.0 Å². The Bertz CT molecular complexity index is 928. The molecule has 0 N–H and O–H groups in total. The van der Waals surface area contributed by atoms with Gasteiger partial charge < -0.3 is 9.15 Å². The lowest BCUT2D eigenvalue weighted by molar-refractivity contribution is 0.413. The van der Waals surface area contributed by atoms with E-state index in [0.29, 0.717) is 11.8 Å². The summed E-state index contributed by atoms with van der Waals surface area (Å²) in [6.45, 7) is 6.08. The molecule has 0 spiro atoms. The fraction of sp³-hybridized carbons (Fsp3) is 0.450. The molecule has 0 radical (unpaired) electrons. The molecule has 0 atom stereocenters. The van der Waals surface area contributed by atoms with Gasteiger partial charge in [-0.2, -0.15) is 0 Å². The van der Waals surface area contributed by atoms with E-state index >= 15 is 0 Å². The van der Waals surface area contributed by atoms with Gasteiger partial charge in [0.2, 0.25) is 11.8 Å². The van der Waals surface area contributed by atoms with Gasteiger partial charge in [-0.3, -0.25) is 0 Å². The zero-order valence-electron chi connectivity index (χ0n) is 16.8. The Morgan fingerprint density at radius 1 is 1.21 bits per heavy atom. The number of hydrogen-bond donors (Lipinski definition) is 0. The van der Waals surface area contributed by atoms with Crippen molar-refractivity contribution in [3.05, 3.63) is 47.4 Å². The van der Waals surface area contributed by atoms with Crippen LogP contribution in [0.4, 0.5) is 0 Å². The number of tetrazole rings is 1. The summed E-state index contributed by atoms with van der Waals surface area (Å²) in [4.78, 5) is 1.54. The number of ether oxygens (including phenoxy) is 1. The second kappa shape index (κ2) is 9.25. The normalized spacial score (nSPS) is 11.6. The van der Waals surface area contributed by atoms with Crippen LogP contribution in [0.1, 0.15) is 62.7 Å². The maximum atomic E-state index is 5.63. The van der Waals surface area contributed by atoms with Crippen LogP contribution in [0.3, 0.4) is 0 Å². The van der Waals surface area contributed by atoms with Crippen LogP contribution in [0.15, 0.2) is 28.7 Å². The molecule has 8 nitrogen and oxygen atoms in total. The molecule has 148 valence electrons. The lowest BCUT2D eigenvalue weighted by atomic mass is 10.1. The maximum Gasteiger partial charge on any atom is 0.219 e. The summed E-state index contributed by atoms with van der Waals surface area (Å²) in [6, 6.07) is 5.82. The highest BCUT2D eigenvalue weighted by Gasteiger charge is 2.09. The molecule has 2 heterocycles. The molecule has 0 fully saturated rings. The molecule has 0 saturated heterocycles. The van der Waals surface area contributed by atoms with Crippen molar-refractivity contribution in [2.45, 2.75) is 52.4 Å². The Morgan fingerprint density at radius 2 is 2.07 bits per heavy atom. The fourth-order valence-corrected chi connectivity index (χ4v) is 2.65. The van der Waals surface area contributed by atoms with Crippen LogP contribution in [-0.4, -0.2) is 37.5 Å². The Hall–Kier alpha value is -3.03. The van der Waals surface area contributed by atoms with Crippen LogP contribution < -0.4 is 4.74 Å². The predicted molar refractivity (Wildman–Crippen MR) is 105 cm³/mol. The highest BCUT2D eigenvalue weighted by atomic mass is 16.5. The SMILES string of the molecule is CCc1nnn(-c2ccc(OC)c(/C=C/CCCc3nnc(C(C)C)o3)c2)n1. The fourth-order valence-electron chi connectivity index (χ4n) is 2.65. The summed E-state index contributed by atoms with van der Waals surface area (Å²) >= 11 is 0. The molecule has 0 aliphatic heterocycles. The first-order chi connectivity index (χ1) is 13.6. The molecule has 3 aromatic rings. The third kappa shape index (κ3) is 4.82. The van der Waals surface area contributed by atoms with Crippen molar-refractivity contribution >= 4 is 6.08 Å². The highest BCUT2D eigenvalue weighted by molar-refractivity contribution is 5.60. The third-order valence-corrected chi connectivity index (χ3v) is 4.25. The van der Waals surface area contributed by atoms with Crippen LogP contribution >= 0.6 is 0 Å². The zero-order valence-corrected chi connectivity index (χ0v) is 16.8. The van der Waals surface area contributed by atoms with Gasteiger partial charge in [-0.15, -0.1) is 25.2 Å². The predicted octanol–water partition coefficient (Wildman–Crippen LogP) is 3.78. The van der Waals surface area contributed by atoms with Gasteiger partial charge in [-0.25, -0.2) is 0 Å². The number of benzene rings is 1. The minimum atomic E-state index is 0.258. The number of aryl methyl sites for hydroxylation is 2. The first-order valence-electron chi connectivity index (χ1n) is 9.56. The Kier molecular flexibility index (Phi) is 6.52. The standard InChI is InChI=1S/C20H26N6O2/c1-5-18-21-25-26(24-18)16-11-12-17(27-4)15(13-16)9-7-6-8-10-19-22-23-20(28-19)14(2)3/h7,9,11-14H,5-6,8,10H2,1-4H3/b9-7+. The van der Waals surface area contributed by atoms with Crippen LogP contribution in [0, 0.1) is 0 Å². The molecule has 0 aliphatic rings. The molecule has 2 aromatic heterocycles. The second-order valence-corrected chi connectivity index (χ2v) is 6.76. The van der Waals surface area contributed by atoms with E-state index in [9.17, 15) is 0 Å². The first kappa shape index (κ1) is 19.7. The number of rotatable bonds is 9. The van der Waals surface area contributed by atoms with Crippen molar-refractivity contribution in [1.82, 2.24) is 30.4 Å². The van der Waals surface area contributed by atoms with E-state index in [1.165, 1.54) is 4.80 Å². The highest BCUT2D eigenvalue weighted by Crippen LogP contribution is 2.23. The molecular weight excluding hydrogens is 356 g/mol. The van der Waals surface area contributed by atoms with Crippen molar-refractivity contribution < 1.29 is 9.15 Å². The molecule has 0 unspecified atom stereocenters. The summed E-state index contributed by atoms with van der Waals surface area (Å²) < 4.78 is 11.1. The summed E-state index contributed by atoms with van der Waals surface area (Å²) in [5.41, 5.74) is 1.81. The first-order valence-corrected chi connectivity index (χ1v) is 9.56. The van der Waals surface area contributed by atoms with Gasteiger partial charge in [0.1, 0.15) is 5.75 Å². The van der Waals surface area contributed by atoms with Gasteiger partial charge in [0, 0.05) is 24.3 Å². The summed E-state index contributed by atoms with van der Waals surface area (Å²) in [6.07, 6.45) is 7.52. The minimum absolute atomic E-state index is 0.258. The van der Waals surface area contributed by atoms with Crippen LogP contribution in [0.5, 0.6) is 5.75 Å². The van der Waals surface area contributed by atoms with E-state index in [0.717, 1.165) is 48.5 Å². The molecule has 1 aromatic carbocycles. The summed E-state index contributed by atoms with van der Waals surface area (Å²) in [5.74, 6) is 3.17. The molecule has 3 rings (SSSR count). The number of nitrogens with zero attached hydrogens (tertiary/aromatic N) is 6. The minimum Gasteiger partial charge on any atom is -0.496 e. The van der Waals surface area contributed by atoms with Crippen LogP contribution in [0.25, 0.3) is 11.8 Å². The zero-order chi connectivity index (χ0) is 19.9. The monoisotopic (exact) mass is 382 g/mol. The Balaban J connectivity index is 1.62. The van der Waals surface area contributed by atoms with Gasteiger partial charge >= 0.3 is 0 Å². The number of methoxy groups -OCH3 is 1. The van der Waals surface area contributed by atoms with Crippen LogP contribution in [-0.2, 0) is 12.8 Å². The molecule has 8 heteroatoms. The number of allylic oxidation sites excluding steroid dienone is 1. The average Bonchev–Trinajstić information content (AvgIpc) is 3.37. The number of unbranched alkanes of at least 4 members (excludes halogenated alkanes) is 1. The topological polar surface area (TPSA) is 91.8 Å². The van der Waals surface area contributed by atoms with Crippen molar-refractivity contribution in [3.63, 3.8) is 0 Å². The van der Waals surface area contributed by atoms with Gasteiger partial charge in [0.25, 0.3) is 0 Å². The molecule has 0 bridgehead atoms. The third-order valence-electron chi connectivity index (χ3n) is 4.25. The van der Waals surface area contributed by atoms with Gasteiger partial charge in [0.05, 0.1) is 12.8 Å². The maximum absolute atomic E-state index is 5.63. The lowest BCUT2D eigenvalue weighted by Crippen LogP contribution is -2.00. The summed E-state index contributed by atoms with van der Waals surface area (Å²) in [7, 11) is 1.66. The average molecular weight is 382 g/mol. The van der Waals surface area contributed by atoms with Crippen molar-refractivity contribution in [3.8, 4) is 11.4 Å². The van der Waals surface area contributed by atoms with Crippen molar-refractivity contribution in [1.29, 1.82) is 0 Å². The quantitative estimate of drug-likeness (QED) is 0.520. The number of aromatic nitrogens is 6. The molecular formula is C20H26N6O2. The van der Waals surface area contributed by atoms with Crippen molar-refractivity contribution in [2.75, 3.05) is 7.11 Å². The van der Waals surface area contributed by atoms with E-state index in [2.05, 4.69) is 31.7 Å². The van der Waals surface area contributed by atoms with Gasteiger partial charge in [-0.05, 0) is 36.3 Å². The van der Waals surface area contributed by atoms with Gasteiger partial charge in [0.15, 0.2) is 5.82 Å². The van der Waals surface area contributed by atoms with Crippen LogP contribution in [0.2, 0.25) is 0 Å². The number of hydrogen-bond acceptors (Lipinski definition) is 7. The molecule has 0 aliphatic carbocycles. The molecule has 0 amide bonds. The second-order valence-electron chi connectivity index (χ2n) is 6.76. The van der Waals surface area contributed by atoms with Crippen molar-refractivity contribution in [2.24, 2.45) is 0 Å². The summed E-state index contributed by atoms with van der Waals surface area (Å²) in [5, 5.41) is 20.6. The van der Waals surface area contributed by atoms with E-state index in [1.54, 1.807) is 7.11 Å². The van der Waals surface area contributed by atoms with E-state index < -0.39 is 0 Å². The molecule has 28 heavy (non-hydrogen) atoms. The smallest absolute Gasteiger partial charge is 0.219 e. The largest absolute Gasteiger partial charge is 0.496 e. The van der Waals surface area contributed by atoms with Gasteiger partial charge in [-0.1, -0.05) is 32.9 Å².